The van der Waals surface area contributed by atoms with Crippen LogP contribution in [0.4, 0.5) is 5.13 Å². The number of piperidine rings is 1. The summed E-state index contributed by atoms with van der Waals surface area (Å²) >= 11 is 1.70. The molecule has 0 radical (unpaired) electrons. The van der Waals surface area contributed by atoms with Gasteiger partial charge in [-0.2, -0.15) is 0 Å². The van der Waals surface area contributed by atoms with Gasteiger partial charge >= 0.3 is 0 Å². The van der Waals surface area contributed by atoms with Gasteiger partial charge in [-0.3, -0.25) is 0 Å². The number of thiazole rings is 1. The molecule has 1 unspecified atom stereocenters. The molecule has 21 heavy (non-hydrogen) atoms. The predicted molar refractivity (Wildman–Crippen MR) is 88.1 cm³/mol. The Balaban J connectivity index is 1.78. The third-order valence-electron chi connectivity index (χ3n) is 4.95. The first-order valence-corrected chi connectivity index (χ1v) is 8.76. The average Bonchev–Trinajstić information content (AvgIpc) is 2.81. The molecule has 1 saturated heterocycles. The van der Waals surface area contributed by atoms with Gasteiger partial charge in [-0.05, 0) is 51.2 Å². The summed E-state index contributed by atoms with van der Waals surface area (Å²) in [5.74, 6) is 0. The van der Waals surface area contributed by atoms with E-state index in [1.54, 1.807) is 11.3 Å². The van der Waals surface area contributed by atoms with Crippen molar-refractivity contribution in [3.63, 3.8) is 0 Å². The fourth-order valence-corrected chi connectivity index (χ4v) is 4.67. The molecule has 5 heteroatoms. The van der Waals surface area contributed by atoms with E-state index in [0.717, 1.165) is 41.6 Å². The summed E-state index contributed by atoms with van der Waals surface area (Å²) in [6.07, 6.45) is 3.90. The van der Waals surface area contributed by atoms with E-state index in [1.165, 1.54) is 12.8 Å². The SMILES string of the molecule is CN1CCC(N(C)c2nc3c(s2)C(O)CC(C)(C)C3)CC1. The van der Waals surface area contributed by atoms with Gasteiger partial charge in [-0.25, -0.2) is 4.98 Å². The summed E-state index contributed by atoms with van der Waals surface area (Å²) in [6.45, 7) is 6.77. The Morgan fingerprint density at radius 3 is 2.67 bits per heavy atom. The van der Waals surface area contributed by atoms with Gasteiger partial charge in [0.15, 0.2) is 5.13 Å². The van der Waals surface area contributed by atoms with Crippen molar-refractivity contribution in [1.82, 2.24) is 9.88 Å². The molecular weight excluding hydrogens is 282 g/mol. The molecule has 0 spiro atoms. The Labute approximate surface area is 131 Å². The summed E-state index contributed by atoms with van der Waals surface area (Å²) in [5, 5.41) is 11.5. The van der Waals surface area contributed by atoms with E-state index in [4.69, 9.17) is 4.98 Å². The fourth-order valence-electron chi connectivity index (χ4n) is 3.57. The zero-order valence-corrected chi connectivity index (χ0v) is 14.4. The summed E-state index contributed by atoms with van der Waals surface area (Å²) < 4.78 is 0. The molecule has 0 saturated carbocycles. The minimum atomic E-state index is -0.333. The average molecular weight is 309 g/mol. The first kappa shape index (κ1) is 15.3. The second kappa shape index (κ2) is 5.52. The van der Waals surface area contributed by atoms with E-state index in [9.17, 15) is 5.11 Å². The Hall–Kier alpha value is -0.650. The zero-order valence-electron chi connectivity index (χ0n) is 13.6. The second-order valence-corrected chi connectivity index (χ2v) is 8.52. The number of aromatic nitrogens is 1. The first-order valence-electron chi connectivity index (χ1n) is 7.95. The number of hydrogen-bond acceptors (Lipinski definition) is 5. The molecule has 2 heterocycles. The van der Waals surface area contributed by atoms with Gasteiger partial charge in [0, 0.05) is 13.1 Å². The summed E-state index contributed by atoms with van der Waals surface area (Å²) in [4.78, 5) is 10.7. The molecule has 1 fully saturated rings. The minimum Gasteiger partial charge on any atom is -0.387 e. The highest BCUT2D eigenvalue weighted by Crippen LogP contribution is 2.44. The molecule has 4 nitrogen and oxygen atoms in total. The smallest absolute Gasteiger partial charge is 0.185 e. The van der Waals surface area contributed by atoms with Crippen LogP contribution in [0.1, 0.15) is 49.8 Å². The Kier molecular flexibility index (Phi) is 4.01. The largest absolute Gasteiger partial charge is 0.387 e. The molecule has 1 aromatic rings. The van der Waals surface area contributed by atoms with Gasteiger partial charge in [0.25, 0.3) is 0 Å². The van der Waals surface area contributed by atoms with Crippen molar-refractivity contribution in [3.05, 3.63) is 10.6 Å². The lowest BCUT2D eigenvalue weighted by atomic mass is 9.77. The highest BCUT2D eigenvalue weighted by atomic mass is 32.1. The van der Waals surface area contributed by atoms with Crippen LogP contribution >= 0.6 is 11.3 Å². The summed E-state index contributed by atoms with van der Waals surface area (Å²) in [7, 11) is 4.36. The van der Waals surface area contributed by atoms with Crippen molar-refractivity contribution in [2.24, 2.45) is 5.41 Å². The highest BCUT2D eigenvalue weighted by Gasteiger charge is 2.35. The molecule has 118 valence electrons. The first-order chi connectivity index (χ1) is 9.85. The molecule has 0 bridgehead atoms. The van der Waals surface area contributed by atoms with Crippen LogP contribution in [0.25, 0.3) is 0 Å². The highest BCUT2D eigenvalue weighted by molar-refractivity contribution is 7.15. The number of hydrogen-bond donors (Lipinski definition) is 1. The van der Waals surface area contributed by atoms with Crippen LogP contribution in [0.5, 0.6) is 0 Å². The van der Waals surface area contributed by atoms with Gasteiger partial charge in [0.1, 0.15) is 0 Å². The predicted octanol–water partition coefficient (Wildman–Crippen LogP) is 2.68. The van der Waals surface area contributed by atoms with Gasteiger partial charge in [0.2, 0.25) is 0 Å². The van der Waals surface area contributed by atoms with Crippen LogP contribution in [-0.4, -0.2) is 48.2 Å². The van der Waals surface area contributed by atoms with Crippen LogP contribution in [0, 0.1) is 5.41 Å². The van der Waals surface area contributed by atoms with Crippen LogP contribution in [0.15, 0.2) is 0 Å². The van der Waals surface area contributed by atoms with E-state index in [2.05, 4.69) is 37.7 Å². The third kappa shape index (κ3) is 3.10. The van der Waals surface area contributed by atoms with Gasteiger partial charge in [-0.15, -0.1) is 0 Å². The zero-order chi connectivity index (χ0) is 15.2. The standard InChI is InChI=1S/C16H27N3OS/c1-16(2)9-12-14(13(20)10-16)21-15(17-12)19(4)11-5-7-18(3)8-6-11/h11,13,20H,5-10H2,1-4H3. The van der Waals surface area contributed by atoms with E-state index in [-0.39, 0.29) is 11.5 Å². The molecule has 2 aliphatic rings. The summed E-state index contributed by atoms with van der Waals surface area (Å²) in [5.41, 5.74) is 1.28. The number of aliphatic hydroxyl groups is 1. The molecule has 0 amide bonds. The number of fused-ring (bicyclic) bond motifs is 1. The lowest BCUT2D eigenvalue weighted by Crippen LogP contribution is -2.41. The van der Waals surface area contributed by atoms with E-state index < -0.39 is 0 Å². The maximum atomic E-state index is 10.4. The number of rotatable bonds is 2. The van der Waals surface area contributed by atoms with Crippen LogP contribution in [-0.2, 0) is 6.42 Å². The van der Waals surface area contributed by atoms with Crippen molar-refractivity contribution >= 4 is 16.5 Å². The number of aliphatic hydroxyl groups excluding tert-OH is 1. The lowest BCUT2D eigenvalue weighted by molar-refractivity contribution is 0.102. The molecule has 1 atom stereocenters. The van der Waals surface area contributed by atoms with Crippen molar-refractivity contribution in [2.75, 3.05) is 32.1 Å². The Bertz CT molecular complexity index is 506. The number of anilines is 1. The van der Waals surface area contributed by atoms with Crippen molar-refractivity contribution < 1.29 is 5.11 Å². The van der Waals surface area contributed by atoms with E-state index in [1.807, 2.05) is 0 Å². The Morgan fingerprint density at radius 1 is 1.33 bits per heavy atom. The molecule has 1 aliphatic heterocycles. The van der Waals surface area contributed by atoms with E-state index in [0.29, 0.717) is 6.04 Å². The summed E-state index contributed by atoms with van der Waals surface area (Å²) in [6, 6.07) is 0.582. The number of nitrogens with zero attached hydrogens (tertiary/aromatic N) is 3. The van der Waals surface area contributed by atoms with Gasteiger partial charge in [-0.1, -0.05) is 25.2 Å². The van der Waals surface area contributed by atoms with Crippen LogP contribution < -0.4 is 4.90 Å². The molecule has 1 N–H and O–H groups in total. The van der Waals surface area contributed by atoms with Gasteiger partial charge in [0.05, 0.1) is 16.7 Å². The second-order valence-electron chi connectivity index (χ2n) is 7.51. The molecule has 0 aromatic carbocycles. The van der Waals surface area contributed by atoms with Crippen molar-refractivity contribution in [3.8, 4) is 0 Å². The molecular formula is C16H27N3OS. The molecule has 1 aromatic heterocycles. The van der Waals surface area contributed by atoms with E-state index >= 15 is 0 Å². The van der Waals surface area contributed by atoms with Crippen molar-refractivity contribution in [1.29, 1.82) is 0 Å². The minimum absolute atomic E-state index is 0.157. The normalized spacial score (nSPS) is 26.6. The van der Waals surface area contributed by atoms with Gasteiger partial charge < -0.3 is 14.9 Å². The van der Waals surface area contributed by atoms with Crippen LogP contribution in [0.2, 0.25) is 0 Å². The fraction of sp³-hybridized carbons (Fsp3) is 0.812. The maximum absolute atomic E-state index is 10.4. The lowest BCUT2D eigenvalue weighted by Gasteiger charge is -2.34. The molecule has 1 aliphatic carbocycles. The third-order valence-corrected chi connectivity index (χ3v) is 6.24. The number of likely N-dealkylation sites (tertiary alicyclic amines) is 1. The van der Waals surface area contributed by atoms with Crippen LogP contribution in [0.3, 0.4) is 0 Å². The Morgan fingerprint density at radius 2 is 2.00 bits per heavy atom. The topological polar surface area (TPSA) is 39.6 Å². The molecule has 3 rings (SSSR count). The quantitative estimate of drug-likeness (QED) is 0.912. The maximum Gasteiger partial charge on any atom is 0.185 e. The van der Waals surface area contributed by atoms with Crippen molar-refractivity contribution in [2.45, 2.75) is 51.7 Å². The monoisotopic (exact) mass is 309 g/mol.